The van der Waals surface area contributed by atoms with E-state index < -0.39 is 10.8 Å². The van der Waals surface area contributed by atoms with Gasteiger partial charge in [-0.1, -0.05) is 6.92 Å². The third-order valence-corrected chi connectivity index (χ3v) is 2.18. The molecule has 0 bridgehead atoms. The first-order chi connectivity index (χ1) is 4.16. The summed E-state index contributed by atoms with van der Waals surface area (Å²) in [7, 11) is -0.708. The Morgan fingerprint density at radius 1 is 1.67 bits per heavy atom. The summed E-state index contributed by atoms with van der Waals surface area (Å²) in [5.74, 6) is 1.10. The summed E-state index contributed by atoms with van der Waals surface area (Å²) >= 11 is 0. The van der Waals surface area contributed by atoms with Crippen LogP contribution < -0.4 is 0 Å². The van der Waals surface area contributed by atoms with Crippen LogP contribution in [0.3, 0.4) is 0 Å². The van der Waals surface area contributed by atoms with Crippen molar-refractivity contribution in [1.82, 2.24) is 0 Å². The Morgan fingerprint density at radius 3 is 2.56 bits per heavy atom. The molecule has 0 saturated carbocycles. The van der Waals surface area contributed by atoms with Crippen molar-refractivity contribution in [3.8, 4) is 0 Å². The van der Waals surface area contributed by atoms with Crippen molar-refractivity contribution >= 4 is 10.8 Å². The van der Waals surface area contributed by atoms with Crippen LogP contribution in [0.4, 0.5) is 0 Å². The Balaban J connectivity index is 3.26. The zero-order valence-electron chi connectivity index (χ0n) is 5.96. The van der Waals surface area contributed by atoms with Crippen LogP contribution in [-0.4, -0.2) is 27.9 Å². The summed E-state index contributed by atoms with van der Waals surface area (Å²) in [6, 6.07) is 0. The third kappa shape index (κ3) is 5.99. The molecule has 0 radical (unpaired) electrons. The van der Waals surface area contributed by atoms with E-state index in [1.54, 1.807) is 6.26 Å². The Hall–Kier alpha value is 0.110. The van der Waals surface area contributed by atoms with Crippen molar-refractivity contribution in [1.29, 1.82) is 0 Å². The van der Waals surface area contributed by atoms with Gasteiger partial charge in [-0.25, -0.2) is 0 Å². The molecule has 0 aliphatic heterocycles. The molecule has 0 aromatic carbocycles. The van der Waals surface area contributed by atoms with Crippen LogP contribution in [0.25, 0.3) is 0 Å². The van der Waals surface area contributed by atoms with E-state index in [0.717, 1.165) is 6.42 Å². The van der Waals surface area contributed by atoms with Gasteiger partial charge in [-0.15, -0.1) is 0 Å². The summed E-state index contributed by atoms with van der Waals surface area (Å²) in [5, 5.41) is 8.45. The van der Waals surface area contributed by atoms with Gasteiger partial charge in [0.1, 0.15) is 0 Å². The molecule has 1 N–H and O–H groups in total. The average molecular weight is 150 g/mol. The lowest BCUT2D eigenvalue weighted by Crippen LogP contribution is -2.07. The van der Waals surface area contributed by atoms with Gasteiger partial charge in [0.25, 0.3) is 0 Å². The molecule has 0 fully saturated rings. The molecular weight excluding hydrogens is 136 g/mol. The van der Waals surface area contributed by atoms with Crippen LogP contribution in [0, 0.1) is 5.92 Å². The molecule has 2 unspecified atom stereocenters. The van der Waals surface area contributed by atoms with Crippen LogP contribution in [0.15, 0.2) is 0 Å². The highest BCUT2D eigenvalue weighted by Crippen LogP contribution is 2.00. The first-order valence-electron chi connectivity index (χ1n) is 3.07. The molecule has 2 nitrogen and oxygen atoms in total. The summed E-state index contributed by atoms with van der Waals surface area (Å²) in [6.45, 7) is 2.20. The molecule has 56 valence electrons. The van der Waals surface area contributed by atoms with Crippen molar-refractivity contribution in [3.63, 3.8) is 0 Å². The fourth-order valence-electron chi connectivity index (χ4n) is 0.704. The minimum Gasteiger partial charge on any atom is -0.396 e. The number of aliphatic hydroxyl groups is 1. The topological polar surface area (TPSA) is 37.3 Å². The maximum absolute atomic E-state index is 10.6. The second-order valence-corrected chi connectivity index (χ2v) is 3.84. The number of rotatable bonds is 4. The maximum Gasteiger partial charge on any atom is 0.0433 e. The van der Waals surface area contributed by atoms with E-state index in [-0.39, 0.29) is 6.61 Å². The second kappa shape index (κ2) is 4.94. The van der Waals surface area contributed by atoms with Crippen molar-refractivity contribution in [2.24, 2.45) is 5.92 Å². The summed E-state index contributed by atoms with van der Waals surface area (Å²) < 4.78 is 10.6. The Kier molecular flexibility index (Phi) is 5.00. The predicted molar refractivity (Wildman–Crippen MR) is 39.8 cm³/mol. The van der Waals surface area contributed by atoms with E-state index in [0.29, 0.717) is 11.7 Å². The molecule has 0 aromatic heterocycles. The first kappa shape index (κ1) is 9.11. The lowest BCUT2D eigenvalue weighted by Gasteiger charge is -2.04. The van der Waals surface area contributed by atoms with Crippen LogP contribution >= 0.6 is 0 Å². The number of hydrogen-bond donors (Lipinski definition) is 1. The maximum atomic E-state index is 10.6. The highest BCUT2D eigenvalue weighted by molar-refractivity contribution is 7.84. The smallest absolute Gasteiger partial charge is 0.0433 e. The molecular formula is C6H14O2S. The van der Waals surface area contributed by atoms with Gasteiger partial charge in [-0.3, -0.25) is 4.21 Å². The van der Waals surface area contributed by atoms with Gasteiger partial charge >= 0.3 is 0 Å². The zero-order valence-corrected chi connectivity index (χ0v) is 6.78. The van der Waals surface area contributed by atoms with Crippen molar-refractivity contribution in [2.75, 3.05) is 18.6 Å². The van der Waals surface area contributed by atoms with E-state index in [9.17, 15) is 4.21 Å². The Morgan fingerprint density at radius 2 is 2.22 bits per heavy atom. The van der Waals surface area contributed by atoms with Gasteiger partial charge in [0.15, 0.2) is 0 Å². The van der Waals surface area contributed by atoms with E-state index in [2.05, 4.69) is 0 Å². The van der Waals surface area contributed by atoms with Crippen LogP contribution in [0.5, 0.6) is 0 Å². The molecule has 2 atom stereocenters. The lowest BCUT2D eigenvalue weighted by atomic mass is 10.1. The van der Waals surface area contributed by atoms with Crippen LogP contribution in [0.2, 0.25) is 0 Å². The van der Waals surface area contributed by atoms with Gasteiger partial charge in [-0.2, -0.15) is 0 Å². The minimum absolute atomic E-state index is 0.207. The summed E-state index contributed by atoms with van der Waals surface area (Å²) in [6.07, 6.45) is 2.45. The molecule has 0 aromatic rings. The lowest BCUT2D eigenvalue weighted by molar-refractivity contribution is 0.268. The average Bonchev–Trinajstić information content (AvgIpc) is 1.63. The van der Waals surface area contributed by atoms with Crippen molar-refractivity contribution in [2.45, 2.75) is 13.3 Å². The molecule has 0 heterocycles. The molecule has 0 saturated heterocycles. The third-order valence-electron chi connectivity index (χ3n) is 1.14. The molecule has 0 spiro atoms. The molecule has 0 aliphatic rings. The van der Waals surface area contributed by atoms with Gasteiger partial charge in [-0.05, 0) is 12.3 Å². The highest BCUT2D eigenvalue weighted by Gasteiger charge is 2.01. The zero-order chi connectivity index (χ0) is 7.28. The summed E-state index contributed by atoms with van der Waals surface area (Å²) in [5.41, 5.74) is 0. The first-order valence-corrected chi connectivity index (χ1v) is 4.80. The summed E-state index contributed by atoms with van der Waals surface area (Å²) in [4.78, 5) is 0. The molecule has 0 aliphatic carbocycles. The number of aliphatic hydroxyl groups excluding tert-OH is 1. The molecule has 0 rings (SSSR count). The molecule has 0 amide bonds. The molecule has 3 heteroatoms. The Labute approximate surface area is 58.7 Å². The van der Waals surface area contributed by atoms with Gasteiger partial charge in [0.2, 0.25) is 0 Å². The SMILES string of the molecule is CC(CCO)CS(C)=O. The van der Waals surface area contributed by atoms with Crippen molar-refractivity contribution < 1.29 is 9.32 Å². The van der Waals surface area contributed by atoms with Gasteiger partial charge < -0.3 is 5.11 Å². The van der Waals surface area contributed by atoms with Crippen LogP contribution in [-0.2, 0) is 10.8 Å². The van der Waals surface area contributed by atoms with Crippen LogP contribution in [0.1, 0.15) is 13.3 Å². The monoisotopic (exact) mass is 150 g/mol. The van der Waals surface area contributed by atoms with Crippen molar-refractivity contribution in [3.05, 3.63) is 0 Å². The minimum atomic E-state index is -0.708. The predicted octanol–water partition coefficient (Wildman–Crippen LogP) is 0.383. The van der Waals surface area contributed by atoms with Gasteiger partial charge in [0, 0.05) is 29.4 Å². The van der Waals surface area contributed by atoms with E-state index in [4.69, 9.17) is 5.11 Å². The largest absolute Gasteiger partial charge is 0.396 e. The van der Waals surface area contributed by atoms with E-state index >= 15 is 0 Å². The fraction of sp³-hybridized carbons (Fsp3) is 1.00. The standard InChI is InChI=1S/C6H14O2S/c1-6(3-4-7)5-9(2)8/h6-7H,3-5H2,1-2H3. The molecule has 9 heavy (non-hydrogen) atoms. The second-order valence-electron chi connectivity index (χ2n) is 2.36. The number of hydrogen-bond acceptors (Lipinski definition) is 2. The Bertz CT molecular complexity index is 93.1. The quantitative estimate of drug-likeness (QED) is 0.629. The van der Waals surface area contributed by atoms with Gasteiger partial charge in [0.05, 0.1) is 0 Å². The van der Waals surface area contributed by atoms with E-state index in [1.807, 2.05) is 6.92 Å². The fourth-order valence-corrected chi connectivity index (χ4v) is 1.67. The highest BCUT2D eigenvalue weighted by atomic mass is 32.2. The normalized spacial score (nSPS) is 17.2. The van der Waals surface area contributed by atoms with E-state index in [1.165, 1.54) is 0 Å².